The van der Waals surface area contributed by atoms with Crippen molar-refractivity contribution in [3.05, 3.63) is 0 Å². The van der Waals surface area contributed by atoms with Crippen molar-refractivity contribution in [2.24, 2.45) is 5.10 Å². The van der Waals surface area contributed by atoms with Crippen LogP contribution < -0.4 is 5.43 Å². The maximum atomic E-state index is 10.1. The Morgan fingerprint density at radius 2 is 2.71 bits per heavy atom. The maximum absolute atomic E-state index is 10.1. The average Bonchev–Trinajstić information content (AvgIpc) is 1.91. The minimum absolute atomic E-state index is 0.458. The summed E-state index contributed by atoms with van der Waals surface area (Å²) in [5, 5.41) is 11.7. The molecule has 0 aromatic rings. The minimum Gasteiger partial charge on any atom is -0.377 e. The number of carbonyl (C=O) groups is 1. The van der Waals surface area contributed by atoms with Gasteiger partial charge in [-0.25, -0.2) is 5.43 Å². The first-order valence-electron chi connectivity index (χ1n) is 1.82. The van der Waals surface area contributed by atoms with Crippen molar-refractivity contribution in [3.63, 3.8) is 0 Å². The lowest BCUT2D eigenvalue weighted by Gasteiger charge is -1.87. The van der Waals surface area contributed by atoms with Gasteiger partial charge in [0.05, 0.1) is 6.21 Å². The largest absolute Gasteiger partial charge is 0.377 e. The summed E-state index contributed by atoms with van der Waals surface area (Å²) in [6.07, 6.45) is 0.113. The number of aliphatic hydroxyl groups is 1. The molecule has 0 saturated heterocycles. The summed E-state index contributed by atoms with van der Waals surface area (Å²) in [6.45, 7) is 0. The molecular weight excluding hydrogens is 96.0 g/mol. The van der Waals surface area contributed by atoms with Gasteiger partial charge in [0.25, 0.3) is 5.91 Å². The Morgan fingerprint density at radius 1 is 2.00 bits per heavy atom. The number of carbonyl (C=O) groups excluding carboxylic acids is 1. The summed E-state index contributed by atoms with van der Waals surface area (Å²) < 4.78 is 0. The van der Waals surface area contributed by atoms with Crippen molar-refractivity contribution in [1.82, 2.24) is 5.43 Å². The molecule has 0 spiro atoms. The molecule has 1 aliphatic rings. The van der Waals surface area contributed by atoms with E-state index in [2.05, 4.69) is 5.10 Å². The number of nitrogens with zero attached hydrogens (tertiary/aromatic N) is 1. The van der Waals surface area contributed by atoms with E-state index in [4.69, 9.17) is 5.11 Å². The number of rotatable bonds is 0. The van der Waals surface area contributed by atoms with Crippen LogP contribution in [-0.4, -0.2) is 23.3 Å². The van der Waals surface area contributed by atoms with Crippen LogP contribution in [0.15, 0.2) is 5.10 Å². The third-order valence-corrected chi connectivity index (χ3v) is 0.659. The van der Waals surface area contributed by atoms with Crippen molar-refractivity contribution in [2.75, 3.05) is 0 Å². The Morgan fingerprint density at radius 3 is 2.86 bits per heavy atom. The molecule has 1 heterocycles. The highest BCUT2D eigenvalue weighted by Gasteiger charge is 2.15. The lowest BCUT2D eigenvalue weighted by atomic mass is 10.4. The Bertz CT molecular complexity index is 120. The van der Waals surface area contributed by atoms with E-state index in [0.29, 0.717) is 0 Å². The highest BCUT2D eigenvalue weighted by Crippen LogP contribution is 1.83. The molecule has 1 unspecified atom stereocenters. The number of nitrogens with one attached hydrogen (secondary N) is 1. The van der Waals surface area contributed by atoms with E-state index in [1.165, 1.54) is 0 Å². The van der Waals surface area contributed by atoms with Crippen LogP contribution >= 0.6 is 0 Å². The molecule has 0 aliphatic carbocycles. The van der Waals surface area contributed by atoms with Crippen LogP contribution in [0.5, 0.6) is 0 Å². The van der Waals surface area contributed by atoms with Gasteiger partial charge in [0, 0.05) is 0 Å². The fourth-order valence-electron chi connectivity index (χ4n) is 0.305. The van der Waals surface area contributed by atoms with E-state index < -0.39 is 12.0 Å². The zero-order chi connectivity index (χ0) is 5.28. The van der Waals surface area contributed by atoms with E-state index in [1.807, 2.05) is 5.43 Å². The van der Waals surface area contributed by atoms with Gasteiger partial charge in [0.1, 0.15) is 0 Å². The fourth-order valence-corrected chi connectivity index (χ4v) is 0.305. The standard InChI is InChI=1S/C3H4N2O2/c6-2-1-4-5-3(2)7/h1-2,6H,(H,5,7). The zero-order valence-electron chi connectivity index (χ0n) is 3.46. The normalized spacial score (nSPS) is 28.1. The predicted molar refractivity (Wildman–Crippen MR) is 22.6 cm³/mol. The van der Waals surface area contributed by atoms with Crippen molar-refractivity contribution < 1.29 is 9.90 Å². The van der Waals surface area contributed by atoms with E-state index >= 15 is 0 Å². The molecular formula is C3H4N2O2. The summed E-state index contributed by atoms with van der Waals surface area (Å²) in [5.74, 6) is -0.458. The molecule has 4 heteroatoms. The zero-order valence-corrected chi connectivity index (χ0v) is 3.46. The number of hydrazone groups is 1. The molecule has 2 N–H and O–H groups in total. The minimum atomic E-state index is -1.03. The number of aliphatic hydroxyl groups excluding tert-OH is 1. The molecule has 0 aromatic carbocycles. The van der Waals surface area contributed by atoms with Gasteiger partial charge in [-0.2, -0.15) is 5.10 Å². The van der Waals surface area contributed by atoms with Crippen LogP contribution in [0.4, 0.5) is 0 Å². The molecule has 1 atom stereocenters. The summed E-state index contributed by atoms with van der Waals surface area (Å²) in [5.41, 5.74) is 2.05. The van der Waals surface area contributed by atoms with Gasteiger partial charge in [-0.05, 0) is 0 Å². The molecule has 1 rings (SSSR count). The lowest BCUT2D eigenvalue weighted by Crippen LogP contribution is -2.23. The van der Waals surface area contributed by atoms with E-state index in [1.54, 1.807) is 0 Å². The van der Waals surface area contributed by atoms with Gasteiger partial charge >= 0.3 is 0 Å². The second kappa shape index (κ2) is 1.31. The molecule has 0 saturated carbocycles. The second-order valence-electron chi connectivity index (χ2n) is 1.20. The summed E-state index contributed by atoms with van der Waals surface area (Å²) in [7, 11) is 0. The first-order valence-corrected chi connectivity index (χ1v) is 1.82. The van der Waals surface area contributed by atoms with Crippen LogP contribution in [0.25, 0.3) is 0 Å². The third-order valence-electron chi connectivity index (χ3n) is 0.659. The SMILES string of the molecule is O=C1NN=CC1O. The molecule has 1 amide bonds. The summed E-state index contributed by atoms with van der Waals surface area (Å²) >= 11 is 0. The average molecular weight is 100 g/mol. The maximum Gasteiger partial charge on any atom is 0.274 e. The van der Waals surface area contributed by atoms with Crippen molar-refractivity contribution >= 4 is 12.1 Å². The highest BCUT2D eigenvalue weighted by molar-refractivity contribution is 5.99. The fraction of sp³-hybridized carbons (Fsp3) is 0.333. The lowest BCUT2D eigenvalue weighted by molar-refractivity contribution is -0.124. The van der Waals surface area contributed by atoms with Gasteiger partial charge in [-0.15, -0.1) is 0 Å². The van der Waals surface area contributed by atoms with Crippen LogP contribution in [0.3, 0.4) is 0 Å². The Labute approximate surface area is 39.8 Å². The molecule has 1 aliphatic heterocycles. The van der Waals surface area contributed by atoms with Crippen LogP contribution in [0, 0.1) is 0 Å². The van der Waals surface area contributed by atoms with Crippen LogP contribution in [-0.2, 0) is 4.79 Å². The molecule has 0 radical (unpaired) electrons. The number of amides is 1. The highest BCUT2D eigenvalue weighted by atomic mass is 16.3. The quantitative estimate of drug-likeness (QED) is 0.387. The Kier molecular flexibility index (Phi) is 0.796. The van der Waals surface area contributed by atoms with Crippen molar-refractivity contribution in [2.45, 2.75) is 6.10 Å². The molecule has 0 aromatic heterocycles. The summed E-state index contributed by atoms with van der Waals surface area (Å²) in [4.78, 5) is 10.1. The Balaban J connectivity index is 2.62. The monoisotopic (exact) mass is 100 g/mol. The topological polar surface area (TPSA) is 61.7 Å². The van der Waals surface area contributed by atoms with Gasteiger partial charge in [-0.1, -0.05) is 0 Å². The van der Waals surface area contributed by atoms with Gasteiger partial charge < -0.3 is 5.11 Å². The molecule has 4 nitrogen and oxygen atoms in total. The first-order chi connectivity index (χ1) is 3.30. The van der Waals surface area contributed by atoms with Gasteiger partial charge in [-0.3, -0.25) is 4.79 Å². The van der Waals surface area contributed by atoms with Gasteiger partial charge in [0.2, 0.25) is 0 Å². The number of hydrogen-bond acceptors (Lipinski definition) is 3. The van der Waals surface area contributed by atoms with Crippen molar-refractivity contribution in [3.8, 4) is 0 Å². The van der Waals surface area contributed by atoms with E-state index in [-0.39, 0.29) is 0 Å². The van der Waals surface area contributed by atoms with Crippen molar-refractivity contribution in [1.29, 1.82) is 0 Å². The second-order valence-corrected chi connectivity index (χ2v) is 1.20. The number of hydrogen-bond donors (Lipinski definition) is 2. The molecule has 0 fully saturated rings. The van der Waals surface area contributed by atoms with E-state index in [0.717, 1.165) is 6.21 Å². The predicted octanol–water partition coefficient (Wildman–Crippen LogP) is -1.54. The Hall–Kier alpha value is -0.900. The van der Waals surface area contributed by atoms with E-state index in [9.17, 15) is 4.79 Å². The molecule has 7 heavy (non-hydrogen) atoms. The van der Waals surface area contributed by atoms with Gasteiger partial charge in [0.15, 0.2) is 6.10 Å². The first kappa shape index (κ1) is 4.26. The molecule has 38 valence electrons. The smallest absolute Gasteiger partial charge is 0.274 e. The molecule has 0 bridgehead atoms. The summed E-state index contributed by atoms with van der Waals surface area (Å²) in [6, 6.07) is 0. The van der Waals surface area contributed by atoms with Crippen LogP contribution in [0.2, 0.25) is 0 Å². The third kappa shape index (κ3) is 0.592. The van der Waals surface area contributed by atoms with Crippen LogP contribution in [0.1, 0.15) is 0 Å².